The van der Waals surface area contributed by atoms with Crippen molar-refractivity contribution < 1.29 is 4.39 Å². The van der Waals surface area contributed by atoms with E-state index in [1.54, 1.807) is 6.07 Å². The first kappa shape index (κ1) is 15.9. The zero-order valence-corrected chi connectivity index (χ0v) is 12.5. The van der Waals surface area contributed by atoms with Gasteiger partial charge in [0.2, 0.25) is 0 Å². The SMILES string of the molecule is CCCN(CCN(C)C)c1cccc(F)c1[C@@H](C)N. The number of halogens is 1. The third-order valence-corrected chi connectivity index (χ3v) is 3.14. The summed E-state index contributed by atoms with van der Waals surface area (Å²) in [5.41, 5.74) is 7.48. The molecule has 0 unspecified atom stereocenters. The lowest BCUT2D eigenvalue weighted by Gasteiger charge is -2.29. The lowest BCUT2D eigenvalue weighted by molar-refractivity contribution is 0.412. The van der Waals surface area contributed by atoms with Gasteiger partial charge >= 0.3 is 0 Å². The second-order valence-electron chi connectivity index (χ2n) is 5.25. The van der Waals surface area contributed by atoms with Gasteiger partial charge < -0.3 is 15.5 Å². The van der Waals surface area contributed by atoms with Gasteiger partial charge in [-0.1, -0.05) is 13.0 Å². The van der Waals surface area contributed by atoms with Gasteiger partial charge in [0, 0.05) is 36.9 Å². The summed E-state index contributed by atoms with van der Waals surface area (Å²) in [6.45, 7) is 6.70. The quantitative estimate of drug-likeness (QED) is 0.824. The second-order valence-corrected chi connectivity index (χ2v) is 5.25. The third-order valence-electron chi connectivity index (χ3n) is 3.14. The molecule has 108 valence electrons. The summed E-state index contributed by atoms with van der Waals surface area (Å²) in [5, 5.41) is 0. The Bertz CT molecular complexity index is 391. The number of rotatable bonds is 7. The van der Waals surface area contributed by atoms with Crippen molar-refractivity contribution in [2.75, 3.05) is 38.6 Å². The van der Waals surface area contributed by atoms with Crippen molar-refractivity contribution >= 4 is 5.69 Å². The van der Waals surface area contributed by atoms with Crippen molar-refractivity contribution in [3.05, 3.63) is 29.6 Å². The summed E-state index contributed by atoms with van der Waals surface area (Å²) in [4.78, 5) is 4.36. The number of nitrogens with zero attached hydrogens (tertiary/aromatic N) is 2. The van der Waals surface area contributed by atoms with Crippen molar-refractivity contribution in [2.45, 2.75) is 26.3 Å². The summed E-state index contributed by atoms with van der Waals surface area (Å²) in [6.07, 6.45) is 1.03. The second kappa shape index (κ2) is 7.46. The molecule has 0 aromatic heterocycles. The summed E-state index contributed by atoms with van der Waals surface area (Å²) in [7, 11) is 4.09. The molecule has 3 nitrogen and oxygen atoms in total. The number of benzene rings is 1. The van der Waals surface area contributed by atoms with Crippen LogP contribution in [-0.2, 0) is 0 Å². The van der Waals surface area contributed by atoms with Crippen molar-refractivity contribution in [1.29, 1.82) is 0 Å². The van der Waals surface area contributed by atoms with Crippen LogP contribution < -0.4 is 10.6 Å². The highest BCUT2D eigenvalue weighted by molar-refractivity contribution is 5.55. The third kappa shape index (κ3) is 4.48. The van der Waals surface area contributed by atoms with E-state index < -0.39 is 0 Å². The van der Waals surface area contributed by atoms with Gasteiger partial charge in [0.15, 0.2) is 0 Å². The molecule has 0 aliphatic rings. The van der Waals surface area contributed by atoms with Crippen molar-refractivity contribution in [3.8, 4) is 0 Å². The minimum absolute atomic E-state index is 0.210. The smallest absolute Gasteiger partial charge is 0.130 e. The molecule has 1 atom stereocenters. The minimum atomic E-state index is -0.296. The molecule has 0 heterocycles. The van der Waals surface area contributed by atoms with Crippen LogP contribution in [0.1, 0.15) is 31.9 Å². The summed E-state index contributed by atoms with van der Waals surface area (Å²) in [5.74, 6) is -0.210. The van der Waals surface area contributed by atoms with E-state index in [2.05, 4.69) is 16.7 Å². The Morgan fingerprint density at radius 3 is 2.42 bits per heavy atom. The van der Waals surface area contributed by atoms with E-state index in [0.29, 0.717) is 5.56 Å². The highest BCUT2D eigenvalue weighted by Gasteiger charge is 2.17. The molecule has 0 bridgehead atoms. The van der Waals surface area contributed by atoms with Crippen LogP contribution in [0, 0.1) is 5.82 Å². The standard InChI is InChI=1S/C15H26FN3/c1-5-9-19(11-10-18(3)4)14-8-6-7-13(16)15(14)12(2)17/h6-8,12H,5,9-11,17H2,1-4H3/t12-/m1/s1. The molecule has 2 N–H and O–H groups in total. The number of anilines is 1. The van der Waals surface area contributed by atoms with E-state index in [9.17, 15) is 4.39 Å². The molecular weight excluding hydrogens is 241 g/mol. The van der Waals surface area contributed by atoms with Crippen LogP contribution in [-0.4, -0.2) is 38.6 Å². The molecule has 0 saturated heterocycles. The molecule has 4 heteroatoms. The van der Waals surface area contributed by atoms with Crippen LogP contribution in [0.4, 0.5) is 10.1 Å². The van der Waals surface area contributed by atoms with Crippen LogP contribution in [0.3, 0.4) is 0 Å². The van der Waals surface area contributed by atoms with Crippen LogP contribution in [0.15, 0.2) is 18.2 Å². The summed E-state index contributed by atoms with van der Waals surface area (Å²) < 4.78 is 14.0. The van der Waals surface area contributed by atoms with Crippen LogP contribution in [0.25, 0.3) is 0 Å². The Labute approximate surface area is 116 Å². The van der Waals surface area contributed by atoms with E-state index >= 15 is 0 Å². The molecule has 0 aliphatic carbocycles. The van der Waals surface area contributed by atoms with Crippen molar-refractivity contribution in [1.82, 2.24) is 4.90 Å². The van der Waals surface area contributed by atoms with Gasteiger partial charge in [0.05, 0.1) is 0 Å². The zero-order valence-electron chi connectivity index (χ0n) is 12.5. The van der Waals surface area contributed by atoms with Crippen molar-refractivity contribution in [2.24, 2.45) is 5.73 Å². The summed E-state index contributed by atoms with van der Waals surface area (Å²) in [6, 6.07) is 4.91. The topological polar surface area (TPSA) is 32.5 Å². The number of hydrogen-bond acceptors (Lipinski definition) is 3. The maximum absolute atomic E-state index is 14.0. The normalized spacial score (nSPS) is 12.8. The van der Waals surface area contributed by atoms with Gasteiger partial charge in [-0.15, -0.1) is 0 Å². The Morgan fingerprint density at radius 2 is 1.89 bits per heavy atom. The number of likely N-dealkylation sites (N-methyl/N-ethyl adjacent to an activating group) is 1. The Kier molecular flexibility index (Phi) is 6.25. The van der Waals surface area contributed by atoms with E-state index in [1.807, 2.05) is 27.1 Å². The molecule has 0 spiro atoms. The molecule has 0 aliphatic heterocycles. The van der Waals surface area contributed by atoms with Gasteiger partial charge in [-0.25, -0.2) is 4.39 Å². The van der Waals surface area contributed by atoms with Gasteiger partial charge in [-0.3, -0.25) is 0 Å². The molecule has 0 fully saturated rings. The zero-order chi connectivity index (χ0) is 14.4. The first-order valence-corrected chi connectivity index (χ1v) is 6.91. The Morgan fingerprint density at radius 1 is 1.21 bits per heavy atom. The minimum Gasteiger partial charge on any atom is -0.370 e. The van der Waals surface area contributed by atoms with Gasteiger partial charge in [0.1, 0.15) is 5.82 Å². The number of hydrogen-bond donors (Lipinski definition) is 1. The van der Waals surface area contributed by atoms with Gasteiger partial charge in [-0.05, 0) is 39.6 Å². The highest BCUT2D eigenvalue weighted by Crippen LogP contribution is 2.28. The lowest BCUT2D eigenvalue weighted by atomic mass is 10.0. The maximum Gasteiger partial charge on any atom is 0.130 e. The fourth-order valence-electron chi connectivity index (χ4n) is 2.20. The van der Waals surface area contributed by atoms with Gasteiger partial charge in [0.25, 0.3) is 0 Å². The summed E-state index contributed by atoms with van der Waals surface area (Å²) >= 11 is 0. The monoisotopic (exact) mass is 267 g/mol. The molecule has 1 aromatic carbocycles. The van der Waals surface area contributed by atoms with E-state index in [4.69, 9.17) is 5.73 Å². The lowest BCUT2D eigenvalue weighted by Crippen LogP contribution is -2.33. The first-order valence-electron chi connectivity index (χ1n) is 6.91. The fraction of sp³-hybridized carbons (Fsp3) is 0.600. The Balaban J connectivity index is 3.04. The molecule has 0 radical (unpaired) electrons. The van der Waals surface area contributed by atoms with Gasteiger partial charge in [-0.2, -0.15) is 0 Å². The van der Waals surface area contributed by atoms with Crippen LogP contribution in [0.5, 0.6) is 0 Å². The van der Waals surface area contributed by atoms with E-state index in [0.717, 1.165) is 31.7 Å². The predicted molar refractivity (Wildman–Crippen MR) is 80.1 cm³/mol. The average molecular weight is 267 g/mol. The maximum atomic E-state index is 14.0. The fourth-order valence-corrected chi connectivity index (χ4v) is 2.20. The molecule has 19 heavy (non-hydrogen) atoms. The number of nitrogens with two attached hydrogens (primary N) is 1. The van der Waals surface area contributed by atoms with Crippen LogP contribution >= 0.6 is 0 Å². The molecule has 1 rings (SSSR count). The largest absolute Gasteiger partial charge is 0.370 e. The molecule has 0 saturated carbocycles. The van der Waals surface area contributed by atoms with Crippen LogP contribution in [0.2, 0.25) is 0 Å². The predicted octanol–water partition coefficient (Wildman–Crippen LogP) is 2.62. The first-order chi connectivity index (χ1) is 8.97. The molecule has 1 aromatic rings. The highest BCUT2D eigenvalue weighted by atomic mass is 19.1. The van der Waals surface area contributed by atoms with Crippen molar-refractivity contribution in [3.63, 3.8) is 0 Å². The molecule has 0 amide bonds. The van der Waals surface area contributed by atoms with E-state index in [-0.39, 0.29) is 11.9 Å². The average Bonchev–Trinajstić information content (AvgIpc) is 2.33. The van der Waals surface area contributed by atoms with E-state index in [1.165, 1.54) is 6.07 Å². The Hall–Kier alpha value is -1.13. The molecular formula is C15H26FN3.